The Bertz CT molecular complexity index is 352. The summed E-state index contributed by atoms with van der Waals surface area (Å²) in [6.07, 6.45) is 4.87. The maximum absolute atomic E-state index is 11.7. The molecule has 0 aromatic carbocycles. The van der Waals surface area contributed by atoms with Crippen LogP contribution >= 0.6 is 0 Å². The van der Waals surface area contributed by atoms with Crippen LogP contribution in [0.25, 0.3) is 0 Å². The summed E-state index contributed by atoms with van der Waals surface area (Å²) in [6.45, 7) is 4.22. The van der Waals surface area contributed by atoms with E-state index in [1.807, 2.05) is 0 Å². The monoisotopic (exact) mass is 254 g/mol. The number of aliphatic carboxylic acids is 1. The standard InChI is InChI=1S/C14H22O4/c1-3-9(2)14(18-13(17)7-12(15)16)8-10-4-5-11(14)6-10/h9-11H,3-8H2,1-2H3,(H,15,16). The summed E-state index contributed by atoms with van der Waals surface area (Å²) in [5.74, 6) is -0.264. The van der Waals surface area contributed by atoms with E-state index in [9.17, 15) is 9.59 Å². The molecule has 4 atom stereocenters. The predicted molar refractivity (Wildman–Crippen MR) is 66.0 cm³/mol. The predicted octanol–water partition coefficient (Wildman–Crippen LogP) is 2.61. The van der Waals surface area contributed by atoms with Crippen molar-refractivity contribution < 1.29 is 19.4 Å². The first-order valence-corrected chi connectivity index (χ1v) is 6.91. The van der Waals surface area contributed by atoms with Crippen molar-refractivity contribution in [3.63, 3.8) is 0 Å². The van der Waals surface area contributed by atoms with Crippen LogP contribution in [0.3, 0.4) is 0 Å². The molecule has 4 heteroatoms. The van der Waals surface area contributed by atoms with Gasteiger partial charge >= 0.3 is 11.9 Å². The smallest absolute Gasteiger partial charge is 0.317 e. The molecule has 2 aliphatic rings. The van der Waals surface area contributed by atoms with Crippen molar-refractivity contribution >= 4 is 11.9 Å². The van der Waals surface area contributed by atoms with Crippen LogP contribution in [0.15, 0.2) is 0 Å². The minimum atomic E-state index is -1.11. The Morgan fingerprint density at radius 1 is 1.44 bits per heavy atom. The van der Waals surface area contributed by atoms with E-state index in [2.05, 4.69) is 13.8 Å². The molecule has 0 spiro atoms. The fourth-order valence-electron chi connectivity index (χ4n) is 3.87. The van der Waals surface area contributed by atoms with Crippen LogP contribution in [0.1, 0.15) is 52.4 Å². The van der Waals surface area contributed by atoms with Crippen LogP contribution in [-0.2, 0) is 14.3 Å². The molecule has 2 aliphatic carbocycles. The van der Waals surface area contributed by atoms with Crippen LogP contribution in [0.2, 0.25) is 0 Å². The summed E-state index contributed by atoms with van der Waals surface area (Å²) in [5.41, 5.74) is -0.385. The maximum atomic E-state index is 11.7. The summed E-state index contributed by atoms with van der Waals surface area (Å²) in [6, 6.07) is 0. The second kappa shape index (κ2) is 4.90. The largest absolute Gasteiger partial charge is 0.481 e. The van der Waals surface area contributed by atoms with Gasteiger partial charge in [-0.3, -0.25) is 9.59 Å². The summed E-state index contributed by atoms with van der Waals surface area (Å²) < 4.78 is 5.68. The Labute approximate surface area is 108 Å². The number of carboxylic acid groups (broad SMARTS) is 1. The van der Waals surface area contributed by atoms with Crippen LogP contribution < -0.4 is 0 Å². The van der Waals surface area contributed by atoms with Crippen molar-refractivity contribution in [2.75, 3.05) is 0 Å². The van der Waals surface area contributed by atoms with E-state index in [1.54, 1.807) is 0 Å². The van der Waals surface area contributed by atoms with Gasteiger partial charge in [-0.05, 0) is 49.9 Å². The molecule has 0 aliphatic heterocycles. The Morgan fingerprint density at radius 2 is 2.17 bits per heavy atom. The van der Waals surface area contributed by atoms with E-state index in [0.717, 1.165) is 25.7 Å². The number of ether oxygens (including phenoxy) is 1. The summed E-state index contributed by atoms with van der Waals surface area (Å²) in [4.78, 5) is 22.3. The van der Waals surface area contributed by atoms with Gasteiger partial charge in [0.15, 0.2) is 0 Å². The molecule has 1 N–H and O–H groups in total. The third kappa shape index (κ3) is 2.25. The lowest BCUT2D eigenvalue weighted by Gasteiger charge is -2.41. The van der Waals surface area contributed by atoms with E-state index >= 15 is 0 Å². The lowest BCUT2D eigenvalue weighted by Crippen LogP contribution is -2.46. The quantitative estimate of drug-likeness (QED) is 0.605. The average Bonchev–Trinajstić information content (AvgIpc) is 2.87. The molecule has 4 nitrogen and oxygen atoms in total. The van der Waals surface area contributed by atoms with Crippen molar-refractivity contribution in [3.05, 3.63) is 0 Å². The van der Waals surface area contributed by atoms with Gasteiger partial charge < -0.3 is 9.84 Å². The highest BCUT2D eigenvalue weighted by atomic mass is 16.6. The third-order valence-electron chi connectivity index (χ3n) is 4.89. The number of carbonyl (C=O) groups excluding carboxylic acids is 1. The van der Waals surface area contributed by atoms with E-state index < -0.39 is 18.4 Å². The number of hydrogen-bond acceptors (Lipinski definition) is 3. The third-order valence-corrected chi connectivity index (χ3v) is 4.89. The van der Waals surface area contributed by atoms with Crippen molar-refractivity contribution in [2.24, 2.45) is 17.8 Å². The lowest BCUT2D eigenvalue weighted by atomic mass is 9.74. The zero-order valence-electron chi connectivity index (χ0n) is 11.1. The SMILES string of the molecule is CCC(C)C1(OC(=O)CC(=O)O)CC2CCC1C2. The summed E-state index contributed by atoms with van der Waals surface area (Å²) >= 11 is 0. The van der Waals surface area contributed by atoms with Gasteiger partial charge in [-0.1, -0.05) is 13.8 Å². The van der Waals surface area contributed by atoms with Crippen molar-refractivity contribution in [1.82, 2.24) is 0 Å². The Kier molecular flexibility index (Phi) is 3.64. The zero-order chi connectivity index (χ0) is 13.3. The minimum Gasteiger partial charge on any atom is -0.481 e. The molecule has 2 bridgehead atoms. The van der Waals surface area contributed by atoms with E-state index in [0.29, 0.717) is 17.8 Å². The molecule has 4 unspecified atom stereocenters. The fourth-order valence-corrected chi connectivity index (χ4v) is 3.87. The number of esters is 1. The Morgan fingerprint density at radius 3 is 2.61 bits per heavy atom. The molecule has 2 fully saturated rings. The van der Waals surface area contributed by atoms with Gasteiger partial charge in [0.05, 0.1) is 0 Å². The molecule has 0 saturated heterocycles. The molecule has 102 valence electrons. The van der Waals surface area contributed by atoms with Gasteiger partial charge in [0, 0.05) is 0 Å². The first-order chi connectivity index (χ1) is 8.48. The molecule has 0 heterocycles. The highest BCUT2D eigenvalue weighted by Crippen LogP contribution is 2.56. The zero-order valence-corrected chi connectivity index (χ0v) is 11.1. The highest BCUT2D eigenvalue weighted by Gasteiger charge is 2.55. The molecular formula is C14H22O4. The number of carboxylic acids is 1. The molecule has 2 rings (SSSR count). The summed E-state index contributed by atoms with van der Waals surface area (Å²) in [5, 5.41) is 8.67. The van der Waals surface area contributed by atoms with E-state index in [4.69, 9.17) is 9.84 Å². The molecule has 0 aromatic rings. The van der Waals surface area contributed by atoms with Crippen LogP contribution in [0.4, 0.5) is 0 Å². The molecule has 2 saturated carbocycles. The number of carbonyl (C=O) groups is 2. The van der Waals surface area contributed by atoms with Crippen LogP contribution in [0, 0.1) is 17.8 Å². The first kappa shape index (κ1) is 13.4. The van der Waals surface area contributed by atoms with Crippen LogP contribution in [-0.4, -0.2) is 22.6 Å². The fraction of sp³-hybridized carbons (Fsp3) is 0.857. The van der Waals surface area contributed by atoms with Gasteiger partial charge in [-0.15, -0.1) is 0 Å². The molecular weight excluding hydrogens is 232 g/mol. The second-order valence-corrected chi connectivity index (χ2v) is 5.89. The van der Waals surface area contributed by atoms with Gasteiger partial charge in [0.25, 0.3) is 0 Å². The summed E-state index contributed by atoms with van der Waals surface area (Å²) in [7, 11) is 0. The second-order valence-electron chi connectivity index (χ2n) is 5.89. The van der Waals surface area contributed by atoms with Gasteiger partial charge in [0.1, 0.15) is 12.0 Å². The van der Waals surface area contributed by atoms with Crippen molar-refractivity contribution in [2.45, 2.75) is 58.0 Å². The number of hydrogen-bond donors (Lipinski definition) is 1. The normalized spacial score (nSPS) is 35.4. The Hall–Kier alpha value is -1.06. The van der Waals surface area contributed by atoms with Crippen molar-refractivity contribution in [1.29, 1.82) is 0 Å². The lowest BCUT2D eigenvalue weighted by molar-refractivity contribution is -0.176. The topological polar surface area (TPSA) is 63.6 Å². The van der Waals surface area contributed by atoms with Gasteiger partial charge in [0.2, 0.25) is 0 Å². The van der Waals surface area contributed by atoms with Gasteiger partial charge in [-0.2, -0.15) is 0 Å². The number of fused-ring (bicyclic) bond motifs is 2. The highest BCUT2D eigenvalue weighted by molar-refractivity contribution is 5.90. The molecule has 0 amide bonds. The molecule has 18 heavy (non-hydrogen) atoms. The average molecular weight is 254 g/mol. The van der Waals surface area contributed by atoms with Gasteiger partial charge in [-0.25, -0.2) is 0 Å². The maximum Gasteiger partial charge on any atom is 0.317 e. The minimum absolute atomic E-state index is 0.311. The van der Waals surface area contributed by atoms with E-state index in [1.165, 1.54) is 6.42 Å². The molecule has 0 aromatic heterocycles. The van der Waals surface area contributed by atoms with Crippen LogP contribution in [0.5, 0.6) is 0 Å². The van der Waals surface area contributed by atoms with Crippen molar-refractivity contribution in [3.8, 4) is 0 Å². The first-order valence-electron chi connectivity index (χ1n) is 6.91. The molecule has 0 radical (unpaired) electrons. The Balaban J connectivity index is 2.11. The number of rotatable bonds is 5. The van der Waals surface area contributed by atoms with E-state index in [-0.39, 0.29) is 5.60 Å².